The molecule has 0 amide bonds. The molecule has 0 N–H and O–H groups in total. The largest absolute Gasteiger partial charge is 0.278 e. The first-order valence-electron chi connectivity index (χ1n) is 8.98. The molecule has 1 aromatic carbocycles. The third-order valence-corrected chi connectivity index (χ3v) is 4.58. The van der Waals surface area contributed by atoms with Gasteiger partial charge in [0.15, 0.2) is 0 Å². The van der Waals surface area contributed by atoms with Crippen LogP contribution >= 0.6 is 0 Å². The SMILES string of the molecule is B/C(C=C)=C/C(=C\C=C)n1c(/C=C\C)c(C=C)n2c3cccc(B)c3nc12. The number of allylic oxidation sites excluding steroid dienone is 7. The Morgan fingerprint density at radius 2 is 1.96 bits per heavy atom. The van der Waals surface area contributed by atoms with Gasteiger partial charge in [-0.2, -0.15) is 0 Å². The summed E-state index contributed by atoms with van der Waals surface area (Å²) in [6, 6.07) is 6.25. The van der Waals surface area contributed by atoms with Crippen LogP contribution in [0.25, 0.3) is 34.7 Å². The molecule has 3 nitrogen and oxygen atoms in total. The first kappa shape index (κ1) is 18.6. The molecular formula is C22H23B2N3. The van der Waals surface area contributed by atoms with Crippen LogP contribution in [-0.2, 0) is 0 Å². The van der Waals surface area contributed by atoms with Crippen molar-refractivity contribution < 1.29 is 0 Å². The van der Waals surface area contributed by atoms with Gasteiger partial charge in [-0.05, 0) is 37.3 Å². The Morgan fingerprint density at radius 1 is 1.19 bits per heavy atom. The molecule has 0 fully saturated rings. The first-order valence-corrected chi connectivity index (χ1v) is 8.98. The Morgan fingerprint density at radius 3 is 2.59 bits per heavy atom. The number of fused-ring (bicyclic) bond motifs is 3. The van der Waals surface area contributed by atoms with E-state index in [-0.39, 0.29) is 0 Å². The second-order valence-electron chi connectivity index (χ2n) is 6.42. The van der Waals surface area contributed by atoms with E-state index in [1.54, 1.807) is 6.08 Å². The normalized spacial score (nSPS) is 12.9. The first-order chi connectivity index (χ1) is 13.1. The van der Waals surface area contributed by atoms with Gasteiger partial charge in [0.2, 0.25) is 5.78 Å². The number of nitrogens with zero attached hydrogens (tertiary/aromatic N) is 3. The van der Waals surface area contributed by atoms with Crippen molar-refractivity contribution in [1.82, 2.24) is 14.0 Å². The van der Waals surface area contributed by atoms with Gasteiger partial charge >= 0.3 is 0 Å². The summed E-state index contributed by atoms with van der Waals surface area (Å²) in [5.41, 5.74) is 7.30. The van der Waals surface area contributed by atoms with E-state index in [1.165, 1.54) is 0 Å². The second-order valence-corrected chi connectivity index (χ2v) is 6.42. The van der Waals surface area contributed by atoms with Gasteiger partial charge < -0.3 is 0 Å². The van der Waals surface area contributed by atoms with Gasteiger partial charge in [0.25, 0.3) is 0 Å². The third-order valence-electron chi connectivity index (χ3n) is 4.58. The molecule has 132 valence electrons. The summed E-state index contributed by atoms with van der Waals surface area (Å²) in [6.07, 6.45) is 13.7. The molecule has 3 aromatic rings. The van der Waals surface area contributed by atoms with Crippen LogP contribution in [0.5, 0.6) is 0 Å². The van der Waals surface area contributed by atoms with Crippen molar-refractivity contribution in [2.24, 2.45) is 0 Å². The fraction of sp³-hybridized carbons (Fsp3) is 0.0455. The minimum absolute atomic E-state index is 0.850. The van der Waals surface area contributed by atoms with Gasteiger partial charge in [-0.15, -0.1) is 0 Å². The fourth-order valence-electron chi connectivity index (χ4n) is 3.32. The summed E-state index contributed by atoms with van der Waals surface area (Å²) >= 11 is 0. The number of hydrogen-bond acceptors (Lipinski definition) is 1. The van der Waals surface area contributed by atoms with E-state index in [0.717, 1.165) is 44.8 Å². The summed E-state index contributed by atoms with van der Waals surface area (Å²) in [6.45, 7) is 13.8. The zero-order valence-corrected chi connectivity index (χ0v) is 16.2. The number of rotatable bonds is 6. The standard InChI is InChI=1S/C22H23B2N3/c1-5-10-16(14-15(23)7-3)26-19(11-6-2)18(8-4)27-20-13-9-12-17(24)21(20)25-22(26)27/h5-14H,1,3-4,23-24H2,2H3/b11-6-,15-14+,16-10+. The predicted molar refractivity (Wildman–Crippen MR) is 125 cm³/mol. The van der Waals surface area contributed by atoms with E-state index in [1.807, 2.05) is 39.1 Å². The summed E-state index contributed by atoms with van der Waals surface area (Å²) < 4.78 is 4.31. The van der Waals surface area contributed by atoms with Crippen molar-refractivity contribution >= 4 is 55.8 Å². The van der Waals surface area contributed by atoms with Gasteiger partial charge in [-0.3, -0.25) is 8.97 Å². The maximum atomic E-state index is 4.98. The smallest absolute Gasteiger partial charge is 0.220 e. The highest BCUT2D eigenvalue weighted by Crippen LogP contribution is 2.29. The molecule has 0 atom stereocenters. The summed E-state index contributed by atoms with van der Waals surface area (Å²) in [4.78, 5) is 4.98. The van der Waals surface area contributed by atoms with Crippen LogP contribution in [-0.4, -0.2) is 29.6 Å². The van der Waals surface area contributed by atoms with Crippen LogP contribution in [0, 0.1) is 0 Å². The Balaban J connectivity index is 2.55. The van der Waals surface area contributed by atoms with Crippen molar-refractivity contribution in [2.45, 2.75) is 6.92 Å². The Hall–Kier alpha value is -3.20. The predicted octanol–water partition coefficient (Wildman–Crippen LogP) is 2.95. The number of aromatic nitrogens is 3. The van der Waals surface area contributed by atoms with Gasteiger partial charge in [-0.1, -0.05) is 61.0 Å². The Kier molecular flexibility index (Phi) is 5.22. The minimum Gasteiger partial charge on any atom is -0.278 e. The van der Waals surface area contributed by atoms with Crippen LogP contribution in [0.2, 0.25) is 0 Å². The lowest BCUT2D eigenvalue weighted by Gasteiger charge is -2.09. The highest BCUT2D eigenvalue weighted by atomic mass is 15.2. The Labute approximate surface area is 162 Å². The lowest BCUT2D eigenvalue weighted by molar-refractivity contribution is 1.10. The molecule has 27 heavy (non-hydrogen) atoms. The van der Waals surface area contributed by atoms with Crippen molar-refractivity contribution in [2.75, 3.05) is 0 Å². The van der Waals surface area contributed by atoms with Crippen LogP contribution in [0.3, 0.4) is 0 Å². The van der Waals surface area contributed by atoms with Crippen molar-refractivity contribution in [3.63, 3.8) is 0 Å². The molecule has 2 aromatic heterocycles. The molecule has 2 heterocycles. The van der Waals surface area contributed by atoms with Crippen LogP contribution in [0.15, 0.2) is 73.8 Å². The molecule has 5 heteroatoms. The van der Waals surface area contributed by atoms with Crippen LogP contribution in [0.1, 0.15) is 18.3 Å². The number of benzene rings is 1. The number of imidazole rings is 2. The summed E-state index contributed by atoms with van der Waals surface area (Å²) in [7, 11) is 4.11. The fourth-order valence-corrected chi connectivity index (χ4v) is 3.32. The maximum absolute atomic E-state index is 4.98. The van der Waals surface area contributed by atoms with Gasteiger partial charge in [-0.25, -0.2) is 4.98 Å². The zero-order valence-electron chi connectivity index (χ0n) is 16.2. The van der Waals surface area contributed by atoms with Gasteiger partial charge in [0.1, 0.15) is 15.7 Å². The van der Waals surface area contributed by atoms with E-state index in [4.69, 9.17) is 4.98 Å². The second kappa shape index (κ2) is 7.58. The van der Waals surface area contributed by atoms with E-state index in [0.29, 0.717) is 0 Å². The topological polar surface area (TPSA) is 22.2 Å². The van der Waals surface area contributed by atoms with Crippen molar-refractivity contribution in [3.8, 4) is 0 Å². The summed E-state index contributed by atoms with van der Waals surface area (Å²) in [5, 5.41) is 0. The van der Waals surface area contributed by atoms with E-state index in [9.17, 15) is 0 Å². The van der Waals surface area contributed by atoms with Crippen LogP contribution in [0.4, 0.5) is 0 Å². The minimum atomic E-state index is 0.850. The van der Waals surface area contributed by atoms with Gasteiger partial charge in [0.05, 0.1) is 22.4 Å². The Bertz CT molecular complexity index is 1150. The molecule has 0 aliphatic carbocycles. The lowest BCUT2D eigenvalue weighted by Crippen LogP contribution is -2.04. The van der Waals surface area contributed by atoms with Crippen LogP contribution < -0.4 is 5.46 Å². The molecule has 0 saturated heterocycles. The number of hydrogen-bond donors (Lipinski definition) is 0. The van der Waals surface area contributed by atoms with Crippen molar-refractivity contribution in [3.05, 3.63) is 85.2 Å². The molecule has 0 radical (unpaired) electrons. The lowest BCUT2D eigenvalue weighted by atomic mass is 9.94. The van der Waals surface area contributed by atoms with E-state index in [2.05, 4.69) is 66.9 Å². The summed E-state index contributed by atoms with van der Waals surface area (Å²) in [5.74, 6) is 0.850. The molecule has 0 aliphatic heterocycles. The third kappa shape index (κ3) is 3.06. The highest BCUT2D eigenvalue weighted by Gasteiger charge is 2.20. The highest BCUT2D eigenvalue weighted by molar-refractivity contribution is 6.38. The van der Waals surface area contributed by atoms with Gasteiger partial charge in [0, 0.05) is 5.70 Å². The van der Waals surface area contributed by atoms with E-state index < -0.39 is 0 Å². The quantitative estimate of drug-likeness (QED) is 0.495. The molecule has 0 unspecified atom stereocenters. The molecule has 3 rings (SSSR count). The zero-order chi connectivity index (χ0) is 19.6. The average molecular weight is 351 g/mol. The molecule has 0 aliphatic rings. The monoisotopic (exact) mass is 351 g/mol. The molecule has 0 saturated carbocycles. The van der Waals surface area contributed by atoms with Crippen molar-refractivity contribution in [1.29, 1.82) is 0 Å². The van der Waals surface area contributed by atoms with E-state index >= 15 is 0 Å². The maximum Gasteiger partial charge on any atom is 0.220 e. The molecule has 0 bridgehead atoms. The molecular weight excluding hydrogens is 328 g/mol. The molecule has 0 spiro atoms. The number of para-hydroxylation sites is 1. The average Bonchev–Trinajstić information content (AvgIpc) is 3.17.